The zero-order chi connectivity index (χ0) is 17.6. The molecule has 0 radical (unpaired) electrons. The topological polar surface area (TPSA) is 54.9 Å². The normalized spacial score (nSPS) is 11.6. The molecule has 0 amide bonds. The minimum atomic E-state index is -0.174. The van der Waals surface area contributed by atoms with Gasteiger partial charge in [0.1, 0.15) is 5.82 Å². The van der Waals surface area contributed by atoms with Crippen molar-refractivity contribution in [3.05, 3.63) is 34.1 Å². The number of benzene rings is 1. The van der Waals surface area contributed by atoms with E-state index in [9.17, 15) is 4.39 Å². The molecular weight excluding hydrogens is 377 g/mol. The zero-order valence-electron chi connectivity index (χ0n) is 14.4. The molecule has 1 rings (SSSR count). The lowest BCUT2D eigenvalue weighted by atomic mass is 10.1. The minimum absolute atomic E-state index is 0.174. The summed E-state index contributed by atoms with van der Waals surface area (Å²) in [4.78, 5) is 4.49. The Labute approximate surface area is 152 Å². The van der Waals surface area contributed by atoms with Gasteiger partial charge in [0.25, 0.3) is 0 Å². The predicted octanol–water partition coefficient (Wildman–Crippen LogP) is 2.74. The lowest BCUT2D eigenvalue weighted by molar-refractivity contribution is 0.0733. The van der Waals surface area contributed by atoms with Crippen molar-refractivity contribution < 1.29 is 13.9 Å². The number of hydrogen-bond acceptors (Lipinski definition) is 3. The Balaban J connectivity index is 2.29. The van der Waals surface area contributed by atoms with Gasteiger partial charge in [0, 0.05) is 31.2 Å². The fourth-order valence-corrected chi connectivity index (χ4v) is 2.35. The van der Waals surface area contributed by atoms with E-state index >= 15 is 0 Å². The molecule has 0 aliphatic rings. The average molecular weight is 404 g/mol. The third-order valence-electron chi connectivity index (χ3n) is 3.20. The molecule has 0 spiro atoms. The van der Waals surface area contributed by atoms with Crippen molar-refractivity contribution in [2.75, 3.05) is 46.6 Å². The van der Waals surface area contributed by atoms with Crippen LogP contribution in [0.4, 0.5) is 4.39 Å². The summed E-state index contributed by atoms with van der Waals surface area (Å²) in [6, 6.07) is 5.16. The standard InChI is InChI=1S/C17H27BrFN3O2/c1-3-20-17(22-9-10-24-12-11-23-2)21-8-4-5-14-6-7-15(18)13-16(14)19/h6-7,13H,3-5,8-12H2,1-2H3,(H2,20,21,22). The molecule has 0 aliphatic carbocycles. The van der Waals surface area contributed by atoms with E-state index in [0.717, 1.165) is 29.0 Å². The Morgan fingerprint density at radius 2 is 2.08 bits per heavy atom. The first kappa shape index (κ1) is 20.9. The van der Waals surface area contributed by atoms with E-state index in [0.29, 0.717) is 39.3 Å². The first-order valence-electron chi connectivity index (χ1n) is 8.20. The van der Waals surface area contributed by atoms with Crippen molar-refractivity contribution in [2.45, 2.75) is 19.8 Å². The molecule has 2 N–H and O–H groups in total. The number of halogens is 2. The van der Waals surface area contributed by atoms with E-state index in [1.807, 2.05) is 19.1 Å². The van der Waals surface area contributed by atoms with Crippen LogP contribution < -0.4 is 10.6 Å². The van der Waals surface area contributed by atoms with Crippen LogP contribution in [0.25, 0.3) is 0 Å². The van der Waals surface area contributed by atoms with Gasteiger partial charge in [-0.05, 0) is 37.5 Å². The second-order valence-electron chi connectivity index (χ2n) is 5.13. The molecule has 0 saturated heterocycles. The van der Waals surface area contributed by atoms with Gasteiger partial charge >= 0.3 is 0 Å². The van der Waals surface area contributed by atoms with Crippen molar-refractivity contribution in [1.82, 2.24) is 10.6 Å². The average Bonchev–Trinajstić information content (AvgIpc) is 2.56. The number of nitrogens with one attached hydrogen (secondary N) is 2. The van der Waals surface area contributed by atoms with Crippen LogP contribution in [-0.2, 0) is 15.9 Å². The molecule has 1 aromatic carbocycles. The van der Waals surface area contributed by atoms with Gasteiger partial charge < -0.3 is 20.1 Å². The summed E-state index contributed by atoms with van der Waals surface area (Å²) in [5.41, 5.74) is 0.720. The fourth-order valence-electron chi connectivity index (χ4n) is 2.01. The van der Waals surface area contributed by atoms with Gasteiger partial charge in [-0.3, -0.25) is 4.99 Å². The number of rotatable bonds is 11. The Kier molecular flexibility index (Phi) is 11.4. The molecule has 0 aromatic heterocycles. The number of hydrogen-bond donors (Lipinski definition) is 2. The van der Waals surface area contributed by atoms with Crippen molar-refractivity contribution in [2.24, 2.45) is 4.99 Å². The summed E-state index contributed by atoms with van der Waals surface area (Å²) in [6.07, 6.45) is 1.46. The molecule has 1 aromatic rings. The monoisotopic (exact) mass is 403 g/mol. The highest BCUT2D eigenvalue weighted by atomic mass is 79.9. The molecule has 0 saturated carbocycles. The summed E-state index contributed by atoms with van der Waals surface area (Å²) in [5, 5.41) is 6.39. The van der Waals surface area contributed by atoms with Gasteiger partial charge in [0.15, 0.2) is 5.96 Å². The molecule has 0 unspecified atom stereocenters. The summed E-state index contributed by atoms with van der Waals surface area (Å²) < 4.78 is 24.8. The summed E-state index contributed by atoms with van der Waals surface area (Å²) >= 11 is 3.26. The predicted molar refractivity (Wildman–Crippen MR) is 99.1 cm³/mol. The van der Waals surface area contributed by atoms with E-state index in [2.05, 4.69) is 31.6 Å². The van der Waals surface area contributed by atoms with E-state index < -0.39 is 0 Å². The fraction of sp³-hybridized carbons (Fsp3) is 0.588. The van der Waals surface area contributed by atoms with E-state index in [-0.39, 0.29) is 5.82 Å². The maximum Gasteiger partial charge on any atom is 0.191 e. The maximum atomic E-state index is 13.7. The zero-order valence-corrected chi connectivity index (χ0v) is 16.0. The SMILES string of the molecule is CCNC(=NCCCc1ccc(Br)cc1F)NCCOCCOC. The first-order chi connectivity index (χ1) is 11.7. The van der Waals surface area contributed by atoms with Gasteiger partial charge in [0.05, 0.1) is 19.8 Å². The molecule has 0 aliphatic heterocycles. The summed E-state index contributed by atoms with van der Waals surface area (Å²) in [7, 11) is 1.65. The van der Waals surface area contributed by atoms with Crippen LogP contribution in [0.3, 0.4) is 0 Å². The molecule has 0 heterocycles. The Hall–Kier alpha value is -1.18. The van der Waals surface area contributed by atoms with Gasteiger partial charge in [-0.1, -0.05) is 22.0 Å². The highest BCUT2D eigenvalue weighted by Crippen LogP contribution is 2.16. The van der Waals surface area contributed by atoms with Gasteiger partial charge in [0.2, 0.25) is 0 Å². The molecule has 5 nitrogen and oxygen atoms in total. The van der Waals surface area contributed by atoms with Crippen LogP contribution in [0.5, 0.6) is 0 Å². The van der Waals surface area contributed by atoms with Crippen LogP contribution in [0.2, 0.25) is 0 Å². The number of ether oxygens (including phenoxy) is 2. The lowest BCUT2D eigenvalue weighted by Gasteiger charge is -2.11. The van der Waals surface area contributed by atoms with E-state index in [1.165, 1.54) is 6.07 Å². The van der Waals surface area contributed by atoms with Gasteiger partial charge in [-0.25, -0.2) is 4.39 Å². The minimum Gasteiger partial charge on any atom is -0.382 e. The van der Waals surface area contributed by atoms with Crippen molar-refractivity contribution in [3.8, 4) is 0 Å². The smallest absolute Gasteiger partial charge is 0.191 e. The van der Waals surface area contributed by atoms with Crippen LogP contribution in [0, 0.1) is 5.82 Å². The van der Waals surface area contributed by atoms with E-state index in [1.54, 1.807) is 7.11 Å². The molecule has 7 heteroatoms. The number of methoxy groups -OCH3 is 1. The highest BCUT2D eigenvalue weighted by Gasteiger charge is 2.02. The second-order valence-corrected chi connectivity index (χ2v) is 6.05. The van der Waals surface area contributed by atoms with Crippen LogP contribution in [0.15, 0.2) is 27.7 Å². The van der Waals surface area contributed by atoms with Gasteiger partial charge in [-0.2, -0.15) is 0 Å². The highest BCUT2D eigenvalue weighted by molar-refractivity contribution is 9.10. The molecule has 24 heavy (non-hydrogen) atoms. The van der Waals surface area contributed by atoms with Crippen LogP contribution in [-0.4, -0.2) is 52.5 Å². The molecular formula is C17H27BrFN3O2. The van der Waals surface area contributed by atoms with Crippen LogP contribution in [0.1, 0.15) is 18.9 Å². The summed E-state index contributed by atoms with van der Waals surface area (Å²) in [6.45, 7) is 5.90. The third-order valence-corrected chi connectivity index (χ3v) is 3.70. The maximum absolute atomic E-state index is 13.7. The van der Waals surface area contributed by atoms with Crippen LogP contribution >= 0.6 is 15.9 Å². The number of guanidine groups is 1. The molecule has 136 valence electrons. The Morgan fingerprint density at radius 3 is 2.79 bits per heavy atom. The summed E-state index contributed by atoms with van der Waals surface area (Å²) in [5.74, 6) is 0.579. The van der Waals surface area contributed by atoms with Crippen molar-refractivity contribution >= 4 is 21.9 Å². The third kappa shape index (κ3) is 9.20. The molecule has 0 atom stereocenters. The Bertz CT molecular complexity index is 501. The second kappa shape index (κ2) is 13.1. The van der Waals surface area contributed by atoms with Crippen molar-refractivity contribution in [1.29, 1.82) is 0 Å². The quantitative estimate of drug-likeness (QED) is 0.338. The molecule has 0 fully saturated rings. The van der Waals surface area contributed by atoms with Gasteiger partial charge in [-0.15, -0.1) is 0 Å². The number of nitrogens with zero attached hydrogens (tertiary/aromatic N) is 1. The lowest BCUT2D eigenvalue weighted by Crippen LogP contribution is -2.39. The molecule has 0 bridgehead atoms. The number of aryl methyl sites for hydroxylation is 1. The van der Waals surface area contributed by atoms with Crippen molar-refractivity contribution in [3.63, 3.8) is 0 Å². The first-order valence-corrected chi connectivity index (χ1v) is 8.99. The largest absolute Gasteiger partial charge is 0.382 e. The number of aliphatic imine (C=N–C) groups is 1. The van der Waals surface area contributed by atoms with E-state index in [4.69, 9.17) is 9.47 Å². The Morgan fingerprint density at radius 1 is 1.25 bits per heavy atom.